The highest BCUT2D eigenvalue weighted by atomic mass is 35.5. The molecule has 1 unspecified atom stereocenters. The largest absolute Gasteiger partial charge is 0.497 e. The minimum atomic E-state index is -0.911. The van der Waals surface area contributed by atoms with Crippen LogP contribution in [0.2, 0.25) is 5.02 Å². The van der Waals surface area contributed by atoms with Gasteiger partial charge in [0, 0.05) is 11.6 Å². The van der Waals surface area contributed by atoms with E-state index < -0.39 is 18.0 Å². The number of carbonyl (C=O) groups excluding carboxylic acids is 1. The second-order valence-corrected chi connectivity index (χ2v) is 5.19. The van der Waals surface area contributed by atoms with Crippen molar-refractivity contribution >= 4 is 23.3 Å². The third-order valence-electron chi connectivity index (χ3n) is 3.11. The fourth-order valence-corrected chi connectivity index (χ4v) is 2.07. The van der Waals surface area contributed by atoms with Crippen LogP contribution in [-0.2, 0) is 0 Å². The molecule has 0 saturated heterocycles. The van der Waals surface area contributed by atoms with Crippen molar-refractivity contribution in [2.45, 2.75) is 6.10 Å². The Morgan fingerprint density at radius 3 is 2.83 bits per heavy atom. The number of anilines is 1. The highest BCUT2D eigenvalue weighted by Crippen LogP contribution is 2.20. The van der Waals surface area contributed by atoms with E-state index in [1.165, 1.54) is 19.2 Å². The van der Waals surface area contributed by atoms with Crippen LogP contribution >= 0.6 is 11.6 Å². The second-order valence-electron chi connectivity index (χ2n) is 4.75. The van der Waals surface area contributed by atoms with Crippen molar-refractivity contribution in [1.29, 1.82) is 0 Å². The number of amides is 2. The Hall–Kier alpha value is -2.31. The molecule has 5 nitrogen and oxygen atoms in total. The predicted octanol–water partition coefficient (Wildman–Crippen LogP) is 3.34. The molecule has 1 atom stereocenters. The van der Waals surface area contributed by atoms with E-state index in [1.54, 1.807) is 24.3 Å². The van der Waals surface area contributed by atoms with Crippen molar-refractivity contribution in [2.24, 2.45) is 0 Å². The number of aliphatic hydroxyl groups is 1. The summed E-state index contributed by atoms with van der Waals surface area (Å²) in [5.74, 6) is -0.0322. The van der Waals surface area contributed by atoms with E-state index >= 15 is 0 Å². The number of urea groups is 1. The first-order valence-electron chi connectivity index (χ1n) is 6.81. The number of nitrogens with one attached hydrogen (secondary N) is 2. The molecule has 0 aliphatic carbocycles. The standard InChI is InChI=1S/C16H16ClFN2O3/c1-23-12-4-2-3-10(7-12)15(21)9-19-16(22)20-14-6-5-11(17)8-13(14)18/h2-8,15,21H,9H2,1H3,(H2,19,20,22). The Morgan fingerprint density at radius 2 is 2.13 bits per heavy atom. The molecular formula is C16H16ClFN2O3. The van der Waals surface area contributed by atoms with E-state index in [-0.39, 0.29) is 17.3 Å². The fourth-order valence-electron chi connectivity index (χ4n) is 1.91. The van der Waals surface area contributed by atoms with Gasteiger partial charge in [-0.05, 0) is 35.9 Å². The molecule has 0 fully saturated rings. The van der Waals surface area contributed by atoms with E-state index in [9.17, 15) is 14.3 Å². The van der Waals surface area contributed by atoms with E-state index in [0.717, 1.165) is 6.07 Å². The number of aliphatic hydroxyl groups excluding tert-OH is 1. The molecule has 7 heteroatoms. The molecule has 0 radical (unpaired) electrons. The summed E-state index contributed by atoms with van der Waals surface area (Å²) in [6, 6.07) is 10.2. The predicted molar refractivity (Wildman–Crippen MR) is 86.4 cm³/mol. The van der Waals surface area contributed by atoms with Gasteiger partial charge in [0.1, 0.15) is 11.6 Å². The third-order valence-corrected chi connectivity index (χ3v) is 3.35. The van der Waals surface area contributed by atoms with Crippen molar-refractivity contribution in [1.82, 2.24) is 5.32 Å². The van der Waals surface area contributed by atoms with Gasteiger partial charge in [-0.25, -0.2) is 9.18 Å². The van der Waals surface area contributed by atoms with Crippen LogP contribution < -0.4 is 15.4 Å². The third kappa shape index (κ3) is 4.84. The zero-order chi connectivity index (χ0) is 16.8. The number of hydrogen-bond donors (Lipinski definition) is 3. The highest BCUT2D eigenvalue weighted by Gasteiger charge is 2.12. The maximum atomic E-state index is 13.6. The molecule has 2 aromatic carbocycles. The minimum absolute atomic E-state index is 0.00256. The van der Waals surface area contributed by atoms with Gasteiger partial charge in [0.2, 0.25) is 0 Å². The molecular weight excluding hydrogens is 323 g/mol. The van der Waals surface area contributed by atoms with Crippen LogP contribution in [0.25, 0.3) is 0 Å². The molecule has 0 aliphatic rings. The average molecular weight is 339 g/mol. The number of benzene rings is 2. The SMILES string of the molecule is COc1cccc(C(O)CNC(=O)Nc2ccc(Cl)cc2F)c1. The quantitative estimate of drug-likeness (QED) is 0.783. The summed E-state index contributed by atoms with van der Waals surface area (Å²) in [6.45, 7) is -0.0335. The summed E-state index contributed by atoms with van der Waals surface area (Å²) in [7, 11) is 1.53. The summed E-state index contributed by atoms with van der Waals surface area (Å²) >= 11 is 5.64. The molecule has 0 heterocycles. The van der Waals surface area contributed by atoms with E-state index in [2.05, 4.69) is 10.6 Å². The van der Waals surface area contributed by atoms with Crippen molar-refractivity contribution in [3.05, 3.63) is 58.9 Å². The molecule has 0 aromatic heterocycles. The monoisotopic (exact) mass is 338 g/mol. The number of ether oxygens (including phenoxy) is 1. The number of halogens is 2. The van der Waals surface area contributed by atoms with Crippen LogP contribution in [0.15, 0.2) is 42.5 Å². The van der Waals surface area contributed by atoms with Gasteiger partial charge in [0.15, 0.2) is 0 Å². The van der Waals surface area contributed by atoms with E-state index in [1.807, 2.05) is 0 Å². The first-order chi connectivity index (χ1) is 11.0. The Bertz CT molecular complexity index is 697. The normalized spacial score (nSPS) is 11.7. The fraction of sp³-hybridized carbons (Fsp3) is 0.188. The number of hydrogen-bond acceptors (Lipinski definition) is 3. The van der Waals surface area contributed by atoms with Crippen LogP contribution in [0.5, 0.6) is 5.75 Å². The van der Waals surface area contributed by atoms with Crippen LogP contribution in [0.1, 0.15) is 11.7 Å². The number of rotatable bonds is 5. The zero-order valence-corrected chi connectivity index (χ0v) is 13.1. The second kappa shape index (κ2) is 7.80. The van der Waals surface area contributed by atoms with Crippen molar-refractivity contribution in [3.8, 4) is 5.75 Å². The van der Waals surface area contributed by atoms with Crippen LogP contribution in [0.3, 0.4) is 0 Å². The lowest BCUT2D eigenvalue weighted by molar-refractivity contribution is 0.174. The maximum Gasteiger partial charge on any atom is 0.319 e. The summed E-state index contributed by atoms with van der Waals surface area (Å²) in [5.41, 5.74) is 0.602. The Morgan fingerprint density at radius 1 is 1.35 bits per heavy atom. The lowest BCUT2D eigenvalue weighted by Crippen LogP contribution is -2.32. The molecule has 0 aliphatic heterocycles. The topological polar surface area (TPSA) is 70.6 Å². The van der Waals surface area contributed by atoms with Crippen LogP contribution in [-0.4, -0.2) is 24.8 Å². The molecule has 2 rings (SSSR count). The highest BCUT2D eigenvalue weighted by molar-refractivity contribution is 6.30. The lowest BCUT2D eigenvalue weighted by Gasteiger charge is -2.14. The summed E-state index contributed by atoms with van der Waals surface area (Å²) in [4.78, 5) is 11.8. The van der Waals surface area contributed by atoms with Gasteiger partial charge in [0.25, 0.3) is 0 Å². The summed E-state index contributed by atoms with van der Waals surface area (Å²) < 4.78 is 18.6. The van der Waals surface area contributed by atoms with Crippen molar-refractivity contribution in [3.63, 3.8) is 0 Å². The van der Waals surface area contributed by atoms with Gasteiger partial charge in [0.05, 0.1) is 18.9 Å². The Labute approximate surface area is 138 Å². The Kier molecular flexibility index (Phi) is 5.78. The zero-order valence-electron chi connectivity index (χ0n) is 12.3. The molecule has 2 aromatic rings. The van der Waals surface area contributed by atoms with E-state index in [0.29, 0.717) is 11.3 Å². The maximum absolute atomic E-state index is 13.6. The van der Waals surface area contributed by atoms with Gasteiger partial charge >= 0.3 is 6.03 Å². The first kappa shape index (κ1) is 17.1. The smallest absolute Gasteiger partial charge is 0.319 e. The van der Waals surface area contributed by atoms with E-state index in [4.69, 9.17) is 16.3 Å². The van der Waals surface area contributed by atoms with Gasteiger partial charge in [-0.3, -0.25) is 0 Å². The van der Waals surface area contributed by atoms with Crippen LogP contribution in [0, 0.1) is 5.82 Å². The van der Waals surface area contributed by atoms with Crippen LogP contribution in [0.4, 0.5) is 14.9 Å². The first-order valence-corrected chi connectivity index (χ1v) is 7.19. The summed E-state index contributed by atoms with van der Waals surface area (Å²) in [6.07, 6.45) is -0.911. The molecule has 3 N–H and O–H groups in total. The lowest BCUT2D eigenvalue weighted by atomic mass is 10.1. The summed E-state index contributed by atoms with van der Waals surface area (Å²) in [5, 5.41) is 15.1. The Balaban J connectivity index is 1.90. The average Bonchev–Trinajstić information content (AvgIpc) is 2.55. The molecule has 0 saturated carbocycles. The van der Waals surface area contributed by atoms with Gasteiger partial charge in [-0.15, -0.1) is 0 Å². The molecule has 0 bridgehead atoms. The minimum Gasteiger partial charge on any atom is -0.497 e. The van der Waals surface area contributed by atoms with Crippen molar-refractivity contribution in [2.75, 3.05) is 19.0 Å². The number of carbonyl (C=O) groups is 1. The molecule has 23 heavy (non-hydrogen) atoms. The van der Waals surface area contributed by atoms with Gasteiger partial charge in [-0.2, -0.15) is 0 Å². The van der Waals surface area contributed by atoms with Gasteiger partial charge < -0.3 is 20.5 Å². The van der Waals surface area contributed by atoms with Gasteiger partial charge in [-0.1, -0.05) is 23.7 Å². The van der Waals surface area contributed by atoms with Crippen molar-refractivity contribution < 1.29 is 19.0 Å². The molecule has 122 valence electrons. The molecule has 0 spiro atoms. The molecule has 2 amide bonds. The number of methoxy groups -OCH3 is 1.